The van der Waals surface area contributed by atoms with Crippen LogP contribution in [0.1, 0.15) is 27.0 Å². The van der Waals surface area contributed by atoms with Gasteiger partial charge in [-0.1, -0.05) is 0 Å². The lowest BCUT2D eigenvalue weighted by Crippen LogP contribution is -2.40. The number of imidazole rings is 1. The molecular formula is C16H18N4O8. The lowest BCUT2D eigenvalue weighted by Gasteiger charge is -2.23. The van der Waals surface area contributed by atoms with Crippen LogP contribution in [0.3, 0.4) is 0 Å². The summed E-state index contributed by atoms with van der Waals surface area (Å²) in [5.74, 6) is -1.83. The fraction of sp³-hybridized carbons (Fsp3) is 0.500. The first-order valence-electron chi connectivity index (χ1n) is 8.31. The van der Waals surface area contributed by atoms with Crippen LogP contribution in [-0.2, 0) is 33.3 Å². The molecule has 0 aromatic carbocycles. The number of carbonyl (C=O) groups excluding carboxylic acids is 3. The molecule has 12 heteroatoms. The van der Waals surface area contributed by atoms with Crippen molar-refractivity contribution in [2.45, 2.75) is 45.3 Å². The van der Waals surface area contributed by atoms with Gasteiger partial charge in [-0.05, 0) is 0 Å². The Bertz CT molecular complexity index is 967. The van der Waals surface area contributed by atoms with Crippen molar-refractivity contribution in [1.82, 2.24) is 19.5 Å². The molecule has 12 nitrogen and oxygen atoms in total. The van der Waals surface area contributed by atoms with E-state index in [0.717, 1.165) is 0 Å². The number of hydrogen-bond acceptors (Lipinski definition) is 10. The lowest BCUT2D eigenvalue weighted by atomic mass is 10.1. The number of fused-ring (bicyclic) bond motifs is 1. The number of carbonyl (C=O) groups is 3. The third-order valence-electron chi connectivity index (χ3n) is 3.98. The summed E-state index contributed by atoms with van der Waals surface area (Å²) < 4.78 is 22.8. The number of rotatable bonds is 5. The normalized spacial score (nSPS) is 24.1. The van der Waals surface area contributed by atoms with E-state index in [2.05, 4.69) is 15.0 Å². The Kier molecular flexibility index (Phi) is 5.40. The van der Waals surface area contributed by atoms with Gasteiger partial charge >= 0.3 is 17.9 Å². The second-order valence-corrected chi connectivity index (χ2v) is 6.07. The molecule has 1 N–H and O–H groups in total. The van der Waals surface area contributed by atoms with Crippen LogP contribution in [0.4, 0.5) is 0 Å². The summed E-state index contributed by atoms with van der Waals surface area (Å²) in [5, 5.41) is 0. The number of hydrogen-bond donors (Lipinski definition) is 1. The minimum atomic E-state index is -1.08. The van der Waals surface area contributed by atoms with Gasteiger partial charge in [-0.15, -0.1) is 0 Å². The van der Waals surface area contributed by atoms with Crippen molar-refractivity contribution in [2.75, 3.05) is 6.61 Å². The highest BCUT2D eigenvalue weighted by molar-refractivity contribution is 5.70. The molecule has 1 saturated heterocycles. The summed E-state index contributed by atoms with van der Waals surface area (Å²) in [4.78, 5) is 56.8. The second-order valence-electron chi connectivity index (χ2n) is 6.07. The number of nitrogens with zero attached hydrogens (tertiary/aromatic N) is 3. The molecule has 0 amide bonds. The molecule has 2 aromatic rings. The summed E-state index contributed by atoms with van der Waals surface area (Å²) in [6, 6.07) is 0. The Morgan fingerprint density at radius 1 is 1.11 bits per heavy atom. The van der Waals surface area contributed by atoms with Crippen LogP contribution in [0.2, 0.25) is 0 Å². The Balaban J connectivity index is 2.02. The number of nitrogens with one attached hydrogen (secondary N) is 1. The Labute approximate surface area is 157 Å². The predicted molar refractivity (Wildman–Crippen MR) is 89.8 cm³/mol. The number of esters is 3. The fourth-order valence-electron chi connectivity index (χ4n) is 2.97. The molecular weight excluding hydrogens is 376 g/mol. The summed E-state index contributed by atoms with van der Waals surface area (Å²) in [6.07, 6.45) is -1.58. The van der Waals surface area contributed by atoms with Gasteiger partial charge in [0.25, 0.3) is 5.56 Å². The molecule has 2 aromatic heterocycles. The van der Waals surface area contributed by atoms with Crippen LogP contribution in [0.15, 0.2) is 17.4 Å². The molecule has 0 bridgehead atoms. The minimum absolute atomic E-state index is 0.0557. The van der Waals surface area contributed by atoms with Gasteiger partial charge in [-0.2, -0.15) is 0 Å². The first kappa shape index (κ1) is 19.5. The van der Waals surface area contributed by atoms with Crippen molar-refractivity contribution in [1.29, 1.82) is 0 Å². The smallest absolute Gasteiger partial charge is 0.303 e. The van der Waals surface area contributed by atoms with Crippen LogP contribution in [0.25, 0.3) is 11.2 Å². The first-order chi connectivity index (χ1) is 13.3. The van der Waals surface area contributed by atoms with Crippen molar-refractivity contribution in [2.24, 2.45) is 0 Å². The average Bonchev–Trinajstić information content (AvgIpc) is 3.16. The van der Waals surface area contributed by atoms with Gasteiger partial charge in [0.05, 0.1) is 12.7 Å². The Morgan fingerprint density at radius 2 is 1.79 bits per heavy atom. The van der Waals surface area contributed by atoms with E-state index in [9.17, 15) is 19.2 Å². The fourth-order valence-corrected chi connectivity index (χ4v) is 2.97. The lowest BCUT2D eigenvalue weighted by molar-refractivity contribution is -0.166. The van der Waals surface area contributed by atoms with Gasteiger partial charge in [0.2, 0.25) is 0 Å². The molecule has 150 valence electrons. The minimum Gasteiger partial charge on any atom is -0.463 e. The molecule has 0 aliphatic carbocycles. The number of H-pyrrole nitrogens is 1. The summed E-state index contributed by atoms with van der Waals surface area (Å²) in [5.41, 5.74) is -0.223. The maximum atomic E-state index is 11.9. The molecule has 0 saturated carbocycles. The van der Waals surface area contributed by atoms with Crippen molar-refractivity contribution in [3.8, 4) is 0 Å². The molecule has 0 spiro atoms. The molecule has 3 heterocycles. The van der Waals surface area contributed by atoms with Crippen LogP contribution in [0, 0.1) is 0 Å². The number of ether oxygens (including phenoxy) is 4. The molecule has 4 atom stereocenters. The van der Waals surface area contributed by atoms with Crippen molar-refractivity contribution in [3.05, 3.63) is 23.0 Å². The second kappa shape index (κ2) is 7.76. The van der Waals surface area contributed by atoms with E-state index in [1.807, 2.05) is 0 Å². The monoisotopic (exact) mass is 394 g/mol. The summed E-state index contributed by atoms with van der Waals surface area (Å²) >= 11 is 0. The van der Waals surface area contributed by atoms with Crippen molar-refractivity contribution >= 4 is 29.1 Å². The molecule has 1 aliphatic heterocycles. The van der Waals surface area contributed by atoms with E-state index >= 15 is 0 Å². The third kappa shape index (κ3) is 3.86. The van der Waals surface area contributed by atoms with Crippen molar-refractivity contribution in [3.63, 3.8) is 0 Å². The highest BCUT2D eigenvalue weighted by Gasteiger charge is 2.51. The van der Waals surface area contributed by atoms with Crippen LogP contribution >= 0.6 is 0 Å². The maximum absolute atomic E-state index is 11.9. The van der Waals surface area contributed by atoms with Gasteiger partial charge in [-0.3, -0.25) is 23.7 Å². The quantitative estimate of drug-likeness (QED) is 0.516. The van der Waals surface area contributed by atoms with E-state index in [1.54, 1.807) is 0 Å². The highest BCUT2D eigenvalue weighted by atomic mass is 16.7. The number of aromatic amines is 1. The highest BCUT2D eigenvalue weighted by Crippen LogP contribution is 2.35. The molecule has 1 aliphatic rings. The van der Waals surface area contributed by atoms with Crippen LogP contribution in [-0.4, -0.2) is 62.3 Å². The standard InChI is InChI=1S/C16H18N4O8/c1-7(21)25-4-10-12(26-8(2)22)13(27-9(3)23)16(28-10)20-6-19-11-14(20)17-5-18-15(11)24/h5-6,10,12-13,16H,4H2,1-3H3,(H,17,18,24)/t10-,12+,13?,16?/m1/s1. The van der Waals surface area contributed by atoms with Gasteiger partial charge in [0, 0.05) is 20.8 Å². The van der Waals surface area contributed by atoms with E-state index < -0.39 is 48.0 Å². The zero-order valence-corrected chi connectivity index (χ0v) is 15.3. The molecule has 1 fully saturated rings. The Hall–Kier alpha value is -3.28. The van der Waals surface area contributed by atoms with E-state index in [4.69, 9.17) is 18.9 Å². The van der Waals surface area contributed by atoms with Gasteiger partial charge < -0.3 is 23.9 Å². The largest absolute Gasteiger partial charge is 0.463 e. The first-order valence-corrected chi connectivity index (χ1v) is 8.31. The summed E-state index contributed by atoms with van der Waals surface area (Å²) in [6.45, 7) is 3.36. The van der Waals surface area contributed by atoms with E-state index in [0.29, 0.717) is 0 Å². The number of aromatic nitrogens is 4. The van der Waals surface area contributed by atoms with Gasteiger partial charge in [0.15, 0.2) is 29.6 Å². The molecule has 2 unspecified atom stereocenters. The maximum Gasteiger partial charge on any atom is 0.303 e. The van der Waals surface area contributed by atoms with Crippen LogP contribution < -0.4 is 5.56 Å². The average molecular weight is 394 g/mol. The van der Waals surface area contributed by atoms with Crippen molar-refractivity contribution < 1.29 is 33.3 Å². The molecule has 28 heavy (non-hydrogen) atoms. The third-order valence-corrected chi connectivity index (χ3v) is 3.98. The predicted octanol–water partition coefficient (Wildman–Crippen LogP) is -0.556. The zero-order chi connectivity index (χ0) is 20.4. The zero-order valence-electron chi connectivity index (χ0n) is 15.3. The summed E-state index contributed by atoms with van der Waals surface area (Å²) in [7, 11) is 0. The molecule has 0 radical (unpaired) electrons. The van der Waals surface area contributed by atoms with Gasteiger partial charge in [0.1, 0.15) is 12.7 Å². The Morgan fingerprint density at radius 3 is 2.43 bits per heavy atom. The van der Waals surface area contributed by atoms with Crippen LogP contribution in [0.5, 0.6) is 0 Å². The van der Waals surface area contributed by atoms with E-state index in [-0.39, 0.29) is 17.8 Å². The van der Waals surface area contributed by atoms with Gasteiger partial charge in [-0.25, -0.2) is 9.97 Å². The van der Waals surface area contributed by atoms with E-state index in [1.165, 1.54) is 38.0 Å². The molecule has 3 rings (SSSR count). The topological polar surface area (TPSA) is 152 Å². The SMILES string of the molecule is CC(=O)OC[C@H]1OC(n2cnc3c(=O)[nH]cnc32)C(OC(C)=O)[C@H]1OC(C)=O.